The summed E-state index contributed by atoms with van der Waals surface area (Å²) in [6.45, 7) is 4.95. The van der Waals surface area contributed by atoms with Crippen molar-refractivity contribution in [2.45, 2.75) is 25.4 Å². The van der Waals surface area contributed by atoms with Crippen molar-refractivity contribution in [3.8, 4) is 0 Å². The molecule has 1 aromatic heterocycles. The third-order valence-corrected chi connectivity index (χ3v) is 2.82. The minimum absolute atomic E-state index is 0.0439. The first kappa shape index (κ1) is 9.61. The molecule has 1 saturated heterocycles. The zero-order chi connectivity index (χ0) is 10.2. The van der Waals surface area contributed by atoms with Crippen LogP contribution in [0.5, 0.6) is 0 Å². The van der Waals surface area contributed by atoms with Crippen LogP contribution in [-0.2, 0) is 13.6 Å². The van der Waals surface area contributed by atoms with Gasteiger partial charge in [-0.2, -0.15) is 0 Å². The normalized spacial score (nSPS) is 20.8. The van der Waals surface area contributed by atoms with Crippen LogP contribution in [0.25, 0.3) is 0 Å². The second-order valence-corrected chi connectivity index (χ2v) is 4.24. The summed E-state index contributed by atoms with van der Waals surface area (Å²) in [6.07, 6.45) is 2.99. The van der Waals surface area contributed by atoms with Gasteiger partial charge in [-0.05, 0) is 6.42 Å². The highest BCUT2D eigenvalue weighted by Crippen LogP contribution is 2.22. The Hall–Kier alpha value is -0.940. The average molecular weight is 195 g/mol. The maximum atomic E-state index is 6.07. The lowest BCUT2D eigenvalue weighted by molar-refractivity contribution is 0.0595. The SMILES string of the molecule is CCC1(N)CN(Cc2cn(C)nn2)C1. The Balaban J connectivity index is 1.85. The molecule has 2 N–H and O–H groups in total. The topological polar surface area (TPSA) is 60.0 Å². The number of hydrogen-bond acceptors (Lipinski definition) is 4. The molecule has 1 fully saturated rings. The van der Waals surface area contributed by atoms with E-state index in [9.17, 15) is 0 Å². The van der Waals surface area contributed by atoms with Crippen molar-refractivity contribution in [2.75, 3.05) is 13.1 Å². The molecular formula is C9H17N5. The monoisotopic (exact) mass is 195 g/mol. The molecule has 1 aliphatic heterocycles. The predicted molar refractivity (Wildman–Crippen MR) is 53.5 cm³/mol. The summed E-state index contributed by atoms with van der Waals surface area (Å²) < 4.78 is 1.73. The average Bonchev–Trinajstić information content (AvgIpc) is 2.48. The summed E-state index contributed by atoms with van der Waals surface area (Å²) in [5.41, 5.74) is 7.13. The van der Waals surface area contributed by atoms with E-state index in [-0.39, 0.29) is 5.54 Å². The van der Waals surface area contributed by atoms with Crippen molar-refractivity contribution in [3.63, 3.8) is 0 Å². The van der Waals surface area contributed by atoms with Crippen LogP contribution in [0.3, 0.4) is 0 Å². The van der Waals surface area contributed by atoms with Gasteiger partial charge < -0.3 is 5.73 Å². The van der Waals surface area contributed by atoms with Crippen LogP contribution in [0, 0.1) is 0 Å². The molecule has 5 heteroatoms. The van der Waals surface area contributed by atoms with Gasteiger partial charge in [0.15, 0.2) is 0 Å². The van der Waals surface area contributed by atoms with Gasteiger partial charge in [-0.3, -0.25) is 9.58 Å². The zero-order valence-corrected chi connectivity index (χ0v) is 8.77. The summed E-state index contributed by atoms with van der Waals surface area (Å²) in [7, 11) is 1.88. The van der Waals surface area contributed by atoms with Crippen molar-refractivity contribution in [2.24, 2.45) is 12.8 Å². The van der Waals surface area contributed by atoms with E-state index < -0.39 is 0 Å². The lowest BCUT2D eigenvalue weighted by Crippen LogP contribution is -2.66. The Bertz CT molecular complexity index is 313. The van der Waals surface area contributed by atoms with Crippen molar-refractivity contribution in [1.82, 2.24) is 19.9 Å². The first-order valence-corrected chi connectivity index (χ1v) is 4.98. The summed E-state index contributed by atoms with van der Waals surface area (Å²) in [4.78, 5) is 2.30. The Kier molecular flexibility index (Phi) is 2.28. The lowest BCUT2D eigenvalue weighted by atomic mass is 9.88. The molecule has 0 unspecified atom stereocenters. The predicted octanol–water partition coefficient (Wildman–Crippen LogP) is -0.262. The summed E-state index contributed by atoms with van der Waals surface area (Å²) in [6, 6.07) is 0. The molecule has 5 nitrogen and oxygen atoms in total. The molecule has 0 saturated carbocycles. The highest BCUT2D eigenvalue weighted by Gasteiger charge is 2.37. The Morgan fingerprint density at radius 1 is 1.57 bits per heavy atom. The van der Waals surface area contributed by atoms with E-state index >= 15 is 0 Å². The molecule has 0 bridgehead atoms. The number of hydrogen-bond donors (Lipinski definition) is 1. The summed E-state index contributed by atoms with van der Waals surface area (Å²) >= 11 is 0. The Morgan fingerprint density at radius 3 is 2.79 bits per heavy atom. The van der Waals surface area contributed by atoms with Gasteiger partial charge in [0.2, 0.25) is 0 Å². The lowest BCUT2D eigenvalue weighted by Gasteiger charge is -2.47. The molecule has 2 rings (SSSR count). The van der Waals surface area contributed by atoms with E-state index in [1.54, 1.807) is 4.68 Å². The van der Waals surface area contributed by atoms with Crippen LogP contribution in [0.1, 0.15) is 19.0 Å². The Morgan fingerprint density at radius 2 is 2.29 bits per heavy atom. The zero-order valence-electron chi connectivity index (χ0n) is 8.77. The van der Waals surface area contributed by atoms with Gasteiger partial charge in [-0.25, -0.2) is 0 Å². The Labute approximate surface area is 83.9 Å². The van der Waals surface area contributed by atoms with E-state index in [0.29, 0.717) is 0 Å². The van der Waals surface area contributed by atoms with E-state index in [1.807, 2.05) is 13.2 Å². The molecule has 0 atom stereocenters. The van der Waals surface area contributed by atoms with Crippen molar-refractivity contribution in [1.29, 1.82) is 0 Å². The molecule has 14 heavy (non-hydrogen) atoms. The third-order valence-electron chi connectivity index (χ3n) is 2.82. The number of nitrogens with zero attached hydrogens (tertiary/aromatic N) is 4. The van der Waals surface area contributed by atoms with Gasteiger partial charge in [-0.1, -0.05) is 12.1 Å². The summed E-state index contributed by atoms with van der Waals surface area (Å²) in [5, 5.41) is 7.93. The van der Waals surface area contributed by atoms with E-state index in [0.717, 1.165) is 31.7 Å². The van der Waals surface area contributed by atoms with Gasteiger partial charge in [0.05, 0.1) is 5.69 Å². The highest BCUT2D eigenvalue weighted by molar-refractivity contribution is 5.02. The van der Waals surface area contributed by atoms with Crippen LogP contribution in [0.15, 0.2) is 6.20 Å². The fourth-order valence-corrected chi connectivity index (χ4v) is 1.88. The fraction of sp³-hybridized carbons (Fsp3) is 0.778. The quantitative estimate of drug-likeness (QED) is 0.722. The van der Waals surface area contributed by atoms with E-state index in [1.165, 1.54) is 0 Å². The van der Waals surface area contributed by atoms with Gasteiger partial charge in [-0.15, -0.1) is 5.10 Å². The molecular weight excluding hydrogens is 178 g/mol. The van der Waals surface area contributed by atoms with Crippen molar-refractivity contribution in [3.05, 3.63) is 11.9 Å². The smallest absolute Gasteiger partial charge is 0.0967 e. The molecule has 2 heterocycles. The van der Waals surface area contributed by atoms with E-state index in [2.05, 4.69) is 22.1 Å². The summed E-state index contributed by atoms with van der Waals surface area (Å²) in [5.74, 6) is 0. The van der Waals surface area contributed by atoms with Gasteiger partial charge in [0, 0.05) is 38.4 Å². The van der Waals surface area contributed by atoms with Crippen molar-refractivity contribution >= 4 is 0 Å². The number of nitrogens with two attached hydrogens (primary N) is 1. The maximum Gasteiger partial charge on any atom is 0.0967 e. The minimum Gasteiger partial charge on any atom is -0.323 e. The van der Waals surface area contributed by atoms with Crippen LogP contribution in [0.2, 0.25) is 0 Å². The first-order chi connectivity index (χ1) is 6.61. The fourth-order valence-electron chi connectivity index (χ4n) is 1.88. The number of aryl methyl sites for hydroxylation is 1. The largest absolute Gasteiger partial charge is 0.323 e. The van der Waals surface area contributed by atoms with Crippen molar-refractivity contribution < 1.29 is 0 Å². The van der Waals surface area contributed by atoms with Crippen LogP contribution in [0.4, 0.5) is 0 Å². The van der Waals surface area contributed by atoms with Crippen LogP contribution >= 0.6 is 0 Å². The van der Waals surface area contributed by atoms with Gasteiger partial charge >= 0.3 is 0 Å². The molecule has 0 amide bonds. The first-order valence-electron chi connectivity index (χ1n) is 4.98. The maximum absolute atomic E-state index is 6.07. The molecule has 0 aromatic carbocycles. The molecule has 78 valence electrons. The molecule has 0 radical (unpaired) electrons. The van der Waals surface area contributed by atoms with Gasteiger partial charge in [0.25, 0.3) is 0 Å². The van der Waals surface area contributed by atoms with E-state index in [4.69, 9.17) is 5.73 Å². The molecule has 0 aliphatic carbocycles. The third kappa shape index (κ3) is 1.78. The molecule has 1 aliphatic rings. The van der Waals surface area contributed by atoms with Crippen LogP contribution in [-0.4, -0.2) is 38.5 Å². The highest BCUT2D eigenvalue weighted by atomic mass is 15.4. The minimum atomic E-state index is 0.0439. The number of aromatic nitrogens is 3. The van der Waals surface area contributed by atoms with Crippen LogP contribution < -0.4 is 5.73 Å². The standard InChI is InChI=1S/C9H17N5/c1-3-9(10)6-14(7-9)5-8-4-13(2)12-11-8/h4H,3,5-7,10H2,1-2H3. The second kappa shape index (κ2) is 3.33. The molecule has 1 aromatic rings. The molecule has 0 spiro atoms. The van der Waals surface area contributed by atoms with Gasteiger partial charge in [0.1, 0.15) is 0 Å². The second-order valence-electron chi connectivity index (χ2n) is 4.24. The number of rotatable bonds is 3. The number of likely N-dealkylation sites (tertiary alicyclic amines) is 1.